The van der Waals surface area contributed by atoms with Gasteiger partial charge in [-0.3, -0.25) is 0 Å². The Labute approximate surface area is 195 Å². The lowest BCUT2D eigenvalue weighted by atomic mass is 10.1. The Hall–Kier alpha value is -3.04. The second-order valence-electron chi connectivity index (χ2n) is 7.88. The number of piperazine rings is 1. The number of likely N-dealkylation sites (N-methyl/N-ethyl adjacent to an activating group) is 1. The Kier molecular flexibility index (Phi) is 6.90. The highest BCUT2D eigenvalue weighted by atomic mass is 35.5. The minimum absolute atomic E-state index is 0.103. The molecule has 1 saturated heterocycles. The van der Waals surface area contributed by atoms with Crippen molar-refractivity contribution in [2.45, 2.75) is 12.6 Å². The van der Waals surface area contributed by atoms with Gasteiger partial charge in [-0.2, -0.15) is 13.8 Å². The van der Waals surface area contributed by atoms with Crippen LogP contribution in [0, 0.1) is 5.82 Å². The highest BCUT2D eigenvalue weighted by Crippen LogP contribution is 2.33. The maximum absolute atomic E-state index is 14.6. The van der Waals surface area contributed by atoms with Gasteiger partial charge in [-0.05, 0) is 36.9 Å². The molecule has 0 bridgehead atoms. The van der Waals surface area contributed by atoms with Crippen molar-refractivity contribution in [3.05, 3.63) is 76.7 Å². The molecule has 33 heavy (non-hydrogen) atoms. The van der Waals surface area contributed by atoms with E-state index in [1.165, 1.54) is 18.3 Å². The van der Waals surface area contributed by atoms with Crippen LogP contribution in [0.3, 0.4) is 0 Å². The van der Waals surface area contributed by atoms with Crippen molar-refractivity contribution in [1.29, 1.82) is 0 Å². The molecule has 6 nitrogen and oxygen atoms in total. The van der Waals surface area contributed by atoms with Crippen LogP contribution in [0.4, 0.5) is 30.6 Å². The van der Waals surface area contributed by atoms with Gasteiger partial charge in [0.15, 0.2) is 5.82 Å². The SMILES string of the molecule is CN1CCN(c2cccc(CNc3ncc(Cl)c(NC(F)(F)c4ccccc4F)n3)c2)CC1. The summed E-state index contributed by atoms with van der Waals surface area (Å²) in [5, 5.41) is 4.86. The number of nitrogens with zero attached hydrogens (tertiary/aromatic N) is 4. The number of hydrogen-bond donors (Lipinski definition) is 2. The van der Waals surface area contributed by atoms with E-state index in [0.717, 1.165) is 49.6 Å². The largest absolute Gasteiger partial charge is 0.369 e. The number of halogens is 4. The van der Waals surface area contributed by atoms with E-state index < -0.39 is 17.4 Å². The van der Waals surface area contributed by atoms with Crippen LogP contribution in [0.5, 0.6) is 0 Å². The standard InChI is InChI=1S/C23H24ClF3N6/c1-32-9-11-33(12-10-32)17-6-4-5-16(13-17)14-28-22-29-15-19(24)21(30-22)31-23(26,27)18-7-2-3-8-20(18)25/h2-8,13,15H,9-12,14H2,1H3,(H2,28,29,30,31). The van der Waals surface area contributed by atoms with Gasteiger partial charge >= 0.3 is 6.05 Å². The van der Waals surface area contributed by atoms with Gasteiger partial charge in [0.2, 0.25) is 5.95 Å². The number of rotatable bonds is 7. The second-order valence-corrected chi connectivity index (χ2v) is 8.29. The second kappa shape index (κ2) is 9.84. The molecule has 0 unspecified atom stereocenters. The van der Waals surface area contributed by atoms with Gasteiger partial charge in [0.25, 0.3) is 0 Å². The zero-order valence-corrected chi connectivity index (χ0v) is 18.8. The van der Waals surface area contributed by atoms with Crippen molar-refractivity contribution in [3.8, 4) is 0 Å². The van der Waals surface area contributed by atoms with Crippen LogP contribution in [-0.4, -0.2) is 48.1 Å². The molecule has 1 aliphatic heterocycles. The van der Waals surface area contributed by atoms with Crippen LogP contribution in [0.25, 0.3) is 0 Å². The van der Waals surface area contributed by atoms with Crippen molar-refractivity contribution in [2.75, 3.05) is 48.8 Å². The third-order valence-corrected chi connectivity index (χ3v) is 5.74. The highest BCUT2D eigenvalue weighted by molar-refractivity contribution is 6.32. The third kappa shape index (κ3) is 5.66. The molecule has 0 amide bonds. The van der Waals surface area contributed by atoms with Crippen molar-refractivity contribution < 1.29 is 13.2 Å². The number of nitrogens with one attached hydrogen (secondary N) is 2. The van der Waals surface area contributed by atoms with Gasteiger partial charge in [-0.15, -0.1) is 0 Å². The Bertz CT molecular complexity index is 1110. The molecular weight excluding hydrogens is 453 g/mol. The predicted octanol–water partition coefficient (Wildman–Crippen LogP) is 4.79. The third-order valence-electron chi connectivity index (χ3n) is 5.46. The minimum atomic E-state index is -3.71. The number of anilines is 3. The maximum Gasteiger partial charge on any atom is 0.354 e. The van der Waals surface area contributed by atoms with Gasteiger partial charge in [-0.25, -0.2) is 9.37 Å². The fourth-order valence-corrected chi connectivity index (χ4v) is 3.72. The van der Waals surface area contributed by atoms with E-state index >= 15 is 0 Å². The number of hydrogen-bond acceptors (Lipinski definition) is 6. The molecule has 4 rings (SSSR count). The van der Waals surface area contributed by atoms with Crippen LogP contribution in [-0.2, 0) is 12.6 Å². The number of benzene rings is 2. The molecule has 2 aromatic carbocycles. The molecule has 1 aliphatic rings. The van der Waals surface area contributed by atoms with Crippen molar-refractivity contribution >= 4 is 29.1 Å². The summed E-state index contributed by atoms with van der Waals surface area (Å²) < 4.78 is 43.1. The normalized spacial score (nSPS) is 14.9. The maximum atomic E-state index is 14.6. The molecule has 1 fully saturated rings. The quantitative estimate of drug-likeness (QED) is 0.478. The fourth-order valence-electron chi connectivity index (χ4n) is 3.58. The fraction of sp³-hybridized carbons (Fsp3) is 0.304. The lowest BCUT2D eigenvalue weighted by molar-refractivity contribution is 0.0242. The summed E-state index contributed by atoms with van der Waals surface area (Å²) in [6.07, 6.45) is 1.22. The van der Waals surface area contributed by atoms with E-state index in [-0.39, 0.29) is 16.8 Å². The minimum Gasteiger partial charge on any atom is -0.369 e. The lowest BCUT2D eigenvalue weighted by Gasteiger charge is -2.34. The summed E-state index contributed by atoms with van der Waals surface area (Å²) in [6.45, 7) is 4.33. The van der Waals surface area contributed by atoms with Gasteiger partial charge in [0.1, 0.15) is 10.8 Å². The molecule has 174 valence electrons. The van der Waals surface area contributed by atoms with Crippen LogP contribution in [0.1, 0.15) is 11.1 Å². The molecule has 2 N–H and O–H groups in total. The first-order valence-corrected chi connectivity index (χ1v) is 10.9. The summed E-state index contributed by atoms with van der Waals surface area (Å²) in [5.74, 6) is -1.20. The Morgan fingerprint density at radius 2 is 1.82 bits per heavy atom. The predicted molar refractivity (Wildman–Crippen MR) is 124 cm³/mol. The highest BCUT2D eigenvalue weighted by Gasteiger charge is 2.35. The molecule has 0 spiro atoms. The average Bonchev–Trinajstić information content (AvgIpc) is 2.80. The summed E-state index contributed by atoms with van der Waals surface area (Å²) >= 11 is 6.01. The molecule has 0 radical (unpaired) electrons. The molecule has 0 saturated carbocycles. The zero-order chi connectivity index (χ0) is 23.4. The van der Waals surface area contributed by atoms with E-state index in [2.05, 4.69) is 44.3 Å². The number of alkyl halides is 2. The Morgan fingerprint density at radius 1 is 1.06 bits per heavy atom. The van der Waals surface area contributed by atoms with Gasteiger partial charge < -0.3 is 20.4 Å². The smallest absolute Gasteiger partial charge is 0.354 e. The van der Waals surface area contributed by atoms with Gasteiger partial charge in [0, 0.05) is 38.4 Å². The Morgan fingerprint density at radius 3 is 2.58 bits per heavy atom. The van der Waals surface area contributed by atoms with Crippen molar-refractivity contribution in [3.63, 3.8) is 0 Å². The lowest BCUT2D eigenvalue weighted by Crippen LogP contribution is -2.44. The average molecular weight is 477 g/mol. The van der Waals surface area contributed by atoms with Crippen molar-refractivity contribution in [1.82, 2.24) is 14.9 Å². The van der Waals surface area contributed by atoms with E-state index in [9.17, 15) is 13.2 Å². The van der Waals surface area contributed by atoms with Crippen LogP contribution in [0.2, 0.25) is 5.02 Å². The molecule has 1 aromatic heterocycles. The topological polar surface area (TPSA) is 56.3 Å². The first-order chi connectivity index (χ1) is 15.8. The molecular formula is C23H24ClF3N6. The molecule has 0 aliphatic carbocycles. The van der Waals surface area contributed by atoms with E-state index in [1.54, 1.807) is 0 Å². The molecule has 2 heterocycles. The van der Waals surface area contributed by atoms with Crippen LogP contribution >= 0.6 is 11.6 Å². The van der Waals surface area contributed by atoms with Crippen molar-refractivity contribution in [2.24, 2.45) is 0 Å². The van der Waals surface area contributed by atoms with E-state index in [1.807, 2.05) is 17.4 Å². The summed E-state index contributed by atoms with van der Waals surface area (Å²) in [4.78, 5) is 12.8. The Balaban J connectivity index is 1.44. The van der Waals surface area contributed by atoms with E-state index in [0.29, 0.717) is 6.54 Å². The van der Waals surface area contributed by atoms with Crippen LogP contribution in [0.15, 0.2) is 54.7 Å². The number of aromatic nitrogens is 2. The summed E-state index contributed by atoms with van der Waals surface area (Å²) in [7, 11) is 2.11. The first kappa shape index (κ1) is 23.1. The monoisotopic (exact) mass is 476 g/mol. The van der Waals surface area contributed by atoms with Gasteiger partial charge in [0.05, 0.1) is 11.8 Å². The summed E-state index contributed by atoms with van der Waals surface area (Å²) in [5.41, 5.74) is 1.33. The van der Waals surface area contributed by atoms with E-state index in [4.69, 9.17) is 11.6 Å². The molecule has 10 heteroatoms. The molecule has 0 atom stereocenters. The van der Waals surface area contributed by atoms with Crippen LogP contribution < -0.4 is 15.5 Å². The first-order valence-electron chi connectivity index (χ1n) is 10.5. The zero-order valence-electron chi connectivity index (χ0n) is 18.0. The summed E-state index contributed by atoms with van der Waals surface area (Å²) in [6, 6.07) is 9.03. The molecule has 3 aromatic rings. The van der Waals surface area contributed by atoms with Gasteiger partial charge in [-0.1, -0.05) is 35.9 Å².